The highest BCUT2D eigenvalue weighted by atomic mass is 16.7. The molecule has 0 spiro atoms. The van der Waals surface area contributed by atoms with Gasteiger partial charge in [0.1, 0.15) is 5.60 Å². The van der Waals surface area contributed by atoms with E-state index < -0.39 is 11.7 Å². The minimum Gasteiger partial charge on any atom is -0.457 e. The van der Waals surface area contributed by atoms with Crippen molar-refractivity contribution >= 4 is 5.97 Å². The van der Waals surface area contributed by atoms with Crippen LogP contribution in [0.5, 0.6) is 0 Å². The second-order valence-electron chi connectivity index (χ2n) is 4.26. The second kappa shape index (κ2) is 5.12. The van der Waals surface area contributed by atoms with Gasteiger partial charge in [-0.2, -0.15) is 0 Å². The highest BCUT2D eigenvalue weighted by Gasteiger charge is 2.48. The first-order chi connectivity index (χ1) is 7.42. The number of carbonyl (C=O) groups is 1. The summed E-state index contributed by atoms with van der Waals surface area (Å²) in [4.78, 5) is 11.0. The fraction of sp³-hybridized carbons (Fsp3) is 0.909. The third kappa shape index (κ3) is 2.72. The van der Waals surface area contributed by atoms with Gasteiger partial charge in [-0.1, -0.05) is 0 Å². The van der Waals surface area contributed by atoms with Crippen LogP contribution in [0.25, 0.3) is 0 Å². The molecule has 1 aliphatic heterocycles. The summed E-state index contributed by atoms with van der Waals surface area (Å²) in [5.41, 5.74) is -0.579. The summed E-state index contributed by atoms with van der Waals surface area (Å²) < 4.78 is 21.5. The fourth-order valence-corrected chi connectivity index (χ4v) is 2.04. The van der Waals surface area contributed by atoms with Crippen LogP contribution in [0.15, 0.2) is 0 Å². The zero-order valence-electron chi connectivity index (χ0n) is 10.5. The molecular weight excluding hydrogens is 212 g/mol. The molecule has 1 saturated heterocycles. The van der Waals surface area contributed by atoms with E-state index in [1.807, 2.05) is 13.8 Å². The van der Waals surface area contributed by atoms with Crippen molar-refractivity contribution < 1.29 is 23.7 Å². The van der Waals surface area contributed by atoms with Crippen molar-refractivity contribution in [2.75, 3.05) is 14.2 Å². The Hall–Kier alpha value is -0.650. The summed E-state index contributed by atoms with van der Waals surface area (Å²) >= 11 is 0. The Bertz CT molecular complexity index is 255. The molecule has 0 aromatic rings. The average molecular weight is 232 g/mol. The van der Waals surface area contributed by atoms with E-state index in [1.54, 1.807) is 14.2 Å². The number of esters is 1. The van der Waals surface area contributed by atoms with Gasteiger partial charge in [0, 0.05) is 27.6 Å². The van der Waals surface area contributed by atoms with Gasteiger partial charge >= 0.3 is 5.97 Å². The van der Waals surface area contributed by atoms with Gasteiger partial charge in [0.2, 0.25) is 0 Å². The van der Waals surface area contributed by atoms with Gasteiger partial charge in [-0.3, -0.25) is 4.79 Å². The van der Waals surface area contributed by atoms with Crippen molar-refractivity contribution in [3.63, 3.8) is 0 Å². The second-order valence-corrected chi connectivity index (χ2v) is 4.26. The molecule has 0 bridgehead atoms. The highest BCUT2D eigenvalue weighted by Crippen LogP contribution is 2.34. The number of ether oxygens (including phenoxy) is 4. The molecular formula is C11H20O5. The first-order valence-corrected chi connectivity index (χ1v) is 5.33. The maximum Gasteiger partial charge on any atom is 0.303 e. The Morgan fingerprint density at radius 3 is 2.50 bits per heavy atom. The molecule has 0 radical (unpaired) electrons. The molecule has 16 heavy (non-hydrogen) atoms. The summed E-state index contributed by atoms with van der Waals surface area (Å²) in [7, 11) is 3.18. The summed E-state index contributed by atoms with van der Waals surface area (Å²) in [5, 5.41) is 0. The molecule has 1 heterocycles. The molecule has 4 atom stereocenters. The lowest BCUT2D eigenvalue weighted by molar-refractivity contribution is -0.275. The first kappa shape index (κ1) is 13.4. The largest absolute Gasteiger partial charge is 0.457 e. The van der Waals surface area contributed by atoms with Gasteiger partial charge in [0.15, 0.2) is 12.4 Å². The predicted molar refractivity (Wildman–Crippen MR) is 56.9 cm³/mol. The number of hydrogen-bond acceptors (Lipinski definition) is 5. The zero-order valence-corrected chi connectivity index (χ0v) is 10.5. The van der Waals surface area contributed by atoms with Crippen LogP contribution in [0.3, 0.4) is 0 Å². The van der Waals surface area contributed by atoms with Crippen LogP contribution in [-0.4, -0.2) is 44.3 Å². The zero-order chi connectivity index (χ0) is 12.3. The van der Waals surface area contributed by atoms with Gasteiger partial charge in [-0.05, 0) is 13.8 Å². The Balaban J connectivity index is 2.83. The molecule has 0 N–H and O–H groups in total. The third-order valence-corrected chi connectivity index (χ3v) is 2.99. The van der Waals surface area contributed by atoms with Crippen LogP contribution < -0.4 is 0 Å². The quantitative estimate of drug-likeness (QED) is 0.682. The standard InChI is InChI=1S/C11H20O5/c1-7-10(16-8(2)12)11(3,14-5)6-9(13-4)15-7/h7,9-10H,6H2,1-5H3. The topological polar surface area (TPSA) is 54.0 Å². The van der Waals surface area contributed by atoms with E-state index in [4.69, 9.17) is 18.9 Å². The summed E-state index contributed by atoms with van der Waals surface area (Å²) in [6.07, 6.45) is -0.469. The third-order valence-electron chi connectivity index (χ3n) is 2.99. The van der Waals surface area contributed by atoms with Crippen molar-refractivity contribution in [2.24, 2.45) is 0 Å². The van der Waals surface area contributed by atoms with Gasteiger partial charge in [0.25, 0.3) is 0 Å². The molecule has 0 aromatic heterocycles. The molecule has 0 saturated carbocycles. The summed E-state index contributed by atoms with van der Waals surface area (Å²) in [6, 6.07) is 0. The van der Waals surface area contributed by atoms with Gasteiger partial charge < -0.3 is 18.9 Å². The molecule has 1 fully saturated rings. The smallest absolute Gasteiger partial charge is 0.303 e. The Labute approximate surface area is 96.0 Å². The molecule has 5 heteroatoms. The molecule has 0 amide bonds. The van der Waals surface area contributed by atoms with Gasteiger partial charge in [-0.15, -0.1) is 0 Å². The van der Waals surface area contributed by atoms with Crippen molar-refractivity contribution in [1.29, 1.82) is 0 Å². The number of carbonyl (C=O) groups excluding carboxylic acids is 1. The van der Waals surface area contributed by atoms with E-state index in [0.717, 1.165) is 0 Å². The fourth-order valence-electron chi connectivity index (χ4n) is 2.04. The van der Waals surface area contributed by atoms with Crippen molar-refractivity contribution in [1.82, 2.24) is 0 Å². The van der Waals surface area contributed by atoms with Crippen LogP contribution in [-0.2, 0) is 23.7 Å². The predicted octanol–water partition coefficient (Wildman–Crippen LogP) is 1.10. The minimum atomic E-state index is -0.579. The lowest BCUT2D eigenvalue weighted by Crippen LogP contribution is -2.57. The van der Waals surface area contributed by atoms with Crippen molar-refractivity contribution in [3.05, 3.63) is 0 Å². The number of methoxy groups -OCH3 is 2. The van der Waals surface area contributed by atoms with Crippen LogP contribution in [0, 0.1) is 0 Å². The summed E-state index contributed by atoms with van der Waals surface area (Å²) in [6.45, 7) is 5.12. The Morgan fingerprint density at radius 2 is 2.06 bits per heavy atom. The number of rotatable bonds is 3. The van der Waals surface area contributed by atoms with E-state index in [9.17, 15) is 4.79 Å². The molecule has 94 valence electrons. The van der Waals surface area contributed by atoms with E-state index in [1.165, 1.54) is 6.92 Å². The average Bonchev–Trinajstić information content (AvgIpc) is 2.23. The molecule has 4 unspecified atom stereocenters. The Kier molecular flexibility index (Phi) is 4.29. The lowest BCUT2D eigenvalue weighted by atomic mass is 9.88. The molecule has 1 rings (SSSR count). The van der Waals surface area contributed by atoms with E-state index in [-0.39, 0.29) is 18.4 Å². The van der Waals surface area contributed by atoms with E-state index in [2.05, 4.69) is 0 Å². The van der Waals surface area contributed by atoms with Crippen LogP contribution in [0.2, 0.25) is 0 Å². The van der Waals surface area contributed by atoms with Crippen molar-refractivity contribution in [2.45, 2.75) is 51.3 Å². The SMILES string of the molecule is COC1CC(C)(OC)C(OC(C)=O)C(C)O1. The van der Waals surface area contributed by atoms with Crippen LogP contribution >= 0.6 is 0 Å². The van der Waals surface area contributed by atoms with Crippen molar-refractivity contribution in [3.8, 4) is 0 Å². The Morgan fingerprint density at radius 1 is 1.44 bits per heavy atom. The molecule has 5 nitrogen and oxygen atoms in total. The van der Waals surface area contributed by atoms with Gasteiger partial charge in [-0.25, -0.2) is 0 Å². The molecule has 1 aliphatic rings. The lowest BCUT2D eigenvalue weighted by Gasteiger charge is -2.45. The normalized spacial score (nSPS) is 39.4. The number of hydrogen-bond donors (Lipinski definition) is 0. The summed E-state index contributed by atoms with van der Waals surface area (Å²) in [5.74, 6) is -0.334. The highest BCUT2D eigenvalue weighted by molar-refractivity contribution is 5.66. The maximum atomic E-state index is 11.0. The van der Waals surface area contributed by atoms with Crippen LogP contribution in [0.4, 0.5) is 0 Å². The van der Waals surface area contributed by atoms with E-state index >= 15 is 0 Å². The first-order valence-electron chi connectivity index (χ1n) is 5.33. The molecule has 0 aromatic carbocycles. The van der Waals surface area contributed by atoms with E-state index in [0.29, 0.717) is 6.42 Å². The van der Waals surface area contributed by atoms with Crippen LogP contribution in [0.1, 0.15) is 27.2 Å². The minimum absolute atomic E-state index is 0.257. The molecule has 0 aliphatic carbocycles. The monoisotopic (exact) mass is 232 g/mol. The maximum absolute atomic E-state index is 11.0. The van der Waals surface area contributed by atoms with Gasteiger partial charge in [0.05, 0.1) is 6.10 Å².